The molecule has 5 nitrogen and oxygen atoms in total. The molecule has 0 bridgehead atoms. The van der Waals surface area contributed by atoms with E-state index in [4.69, 9.17) is 0 Å². The molecule has 0 aliphatic heterocycles. The van der Waals surface area contributed by atoms with Gasteiger partial charge in [-0.05, 0) is 23.6 Å². The molecular formula is C21H17N3O2. The Hall–Kier alpha value is -3.47. The lowest BCUT2D eigenvalue weighted by Crippen LogP contribution is -2.31. The van der Waals surface area contributed by atoms with Crippen LogP contribution < -0.4 is 10.3 Å². The zero-order valence-electron chi connectivity index (χ0n) is 14.3. The maximum Gasteiger partial charge on any atom is 0.248 e. The number of fused-ring (bicyclic) bond motifs is 2. The number of hydrogen-bond donors (Lipinski definition) is 0. The number of amides is 1. The van der Waals surface area contributed by atoms with Gasteiger partial charge in [0.2, 0.25) is 11.3 Å². The highest BCUT2D eigenvalue weighted by Gasteiger charge is 2.15. The first-order valence-electron chi connectivity index (χ1n) is 8.34. The van der Waals surface area contributed by atoms with Crippen LogP contribution in [0.3, 0.4) is 0 Å². The van der Waals surface area contributed by atoms with Crippen molar-refractivity contribution in [3.63, 3.8) is 0 Å². The van der Waals surface area contributed by atoms with Crippen molar-refractivity contribution in [2.45, 2.75) is 6.54 Å². The molecule has 26 heavy (non-hydrogen) atoms. The molecule has 0 saturated heterocycles. The van der Waals surface area contributed by atoms with Crippen molar-refractivity contribution in [3.05, 3.63) is 83.2 Å². The van der Waals surface area contributed by atoms with Gasteiger partial charge in [0.25, 0.3) is 0 Å². The Morgan fingerprint density at radius 2 is 1.65 bits per heavy atom. The molecule has 4 rings (SSSR count). The van der Waals surface area contributed by atoms with Gasteiger partial charge in [0, 0.05) is 17.8 Å². The molecule has 0 spiro atoms. The number of nitrogens with zero attached hydrogens (tertiary/aromatic N) is 3. The van der Waals surface area contributed by atoms with Crippen LogP contribution >= 0.6 is 0 Å². The van der Waals surface area contributed by atoms with Crippen LogP contribution in [0.5, 0.6) is 0 Å². The van der Waals surface area contributed by atoms with Gasteiger partial charge >= 0.3 is 0 Å². The predicted octanol–water partition coefficient (Wildman–Crippen LogP) is 3.21. The molecule has 1 amide bonds. The molecule has 0 saturated carbocycles. The van der Waals surface area contributed by atoms with E-state index in [2.05, 4.69) is 5.10 Å². The van der Waals surface area contributed by atoms with Crippen LogP contribution in [-0.2, 0) is 11.3 Å². The van der Waals surface area contributed by atoms with Gasteiger partial charge in [-0.2, -0.15) is 5.10 Å². The van der Waals surface area contributed by atoms with Gasteiger partial charge in [-0.25, -0.2) is 0 Å². The summed E-state index contributed by atoms with van der Waals surface area (Å²) in [5.41, 5.74) is 1.35. The first kappa shape index (κ1) is 16.0. The van der Waals surface area contributed by atoms with Crippen molar-refractivity contribution in [3.8, 4) is 0 Å². The van der Waals surface area contributed by atoms with E-state index in [0.29, 0.717) is 10.9 Å². The fourth-order valence-corrected chi connectivity index (χ4v) is 3.16. The van der Waals surface area contributed by atoms with Crippen LogP contribution in [0.1, 0.15) is 0 Å². The summed E-state index contributed by atoms with van der Waals surface area (Å²) in [4.78, 5) is 26.5. The molecule has 0 radical (unpaired) electrons. The summed E-state index contributed by atoms with van der Waals surface area (Å²) in [5, 5.41) is 6.80. The molecule has 128 valence electrons. The lowest BCUT2D eigenvalue weighted by Gasteiger charge is -2.20. The normalized spacial score (nSPS) is 11.0. The van der Waals surface area contributed by atoms with Crippen molar-refractivity contribution in [1.82, 2.24) is 9.78 Å². The second-order valence-corrected chi connectivity index (χ2v) is 6.13. The third-order valence-corrected chi connectivity index (χ3v) is 4.55. The van der Waals surface area contributed by atoms with E-state index >= 15 is 0 Å². The summed E-state index contributed by atoms with van der Waals surface area (Å²) in [6, 6.07) is 21.0. The molecule has 1 aromatic heterocycles. The second kappa shape index (κ2) is 6.44. The van der Waals surface area contributed by atoms with Crippen molar-refractivity contribution in [2.24, 2.45) is 0 Å². The highest BCUT2D eigenvalue weighted by atomic mass is 16.2. The zero-order chi connectivity index (χ0) is 18.1. The van der Waals surface area contributed by atoms with Gasteiger partial charge in [0.15, 0.2) is 0 Å². The Morgan fingerprint density at radius 1 is 0.962 bits per heavy atom. The molecule has 4 aromatic rings. The first-order chi connectivity index (χ1) is 12.6. The number of carbonyl (C=O) groups excluding carboxylic acids is 1. The lowest BCUT2D eigenvalue weighted by molar-refractivity contribution is -0.119. The van der Waals surface area contributed by atoms with E-state index in [1.807, 2.05) is 48.5 Å². The molecular weight excluding hydrogens is 326 g/mol. The third kappa shape index (κ3) is 2.73. The van der Waals surface area contributed by atoms with E-state index in [9.17, 15) is 9.59 Å². The van der Waals surface area contributed by atoms with Crippen LogP contribution in [0, 0.1) is 0 Å². The number of para-hydroxylation sites is 1. The van der Waals surface area contributed by atoms with Crippen molar-refractivity contribution >= 4 is 33.3 Å². The lowest BCUT2D eigenvalue weighted by atomic mass is 10.1. The van der Waals surface area contributed by atoms with Gasteiger partial charge < -0.3 is 4.90 Å². The average molecular weight is 343 g/mol. The number of rotatable bonds is 3. The van der Waals surface area contributed by atoms with E-state index in [0.717, 1.165) is 16.5 Å². The number of carbonyl (C=O) groups is 1. The van der Waals surface area contributed by atoms with Crippen LogP contribution in [0.4, 0.5) is 5.69 Å². The smallest absolute Gasteiger partial charge is 0.248 e. The fraction of sp³-hybridized carbons (Fsp3) is 0.0952. The highest BCUT2D eigenvalue weighted by molar-refractivity contribution is 6.03. The summed E-state index contributed by atoms with van der Waals surface area (Å²) in [6.07, 6.45) is 1.26. The number of benzene rings is 3. The Balaban J connectivity index is 1.71. The Bertz CT molecular complexity index is 1180. The molecule has 0 atom stereocenters. The molecule has 1 heterocycles. The maximum absolute atomic E-state index is 12.9. The SMILES string of the molecule is CN(C(=O)Cn1ncc(=O)c2ccccc21)c1cccc2ccccc12. The summed E-state index contributed by atoms with van der Waals surface area (Å²) in [6.45, 7) is 0.0561. The molecule has 0 aliphatic rings. The number of likely N-dealkylation sites (N-methyl/N-ethyl adjacent to an activating group) is 1. The first-order valence-corrected chi connectivity index (χ1v) is 8.34. The summed E-state index contributed by atoms with van der Waals surface area (Å²) < 4.78 is 1.57. The van der Waals surface area contributed by atoms with Crippen LogP contribution in [0.25, 0.3) is 21.7 Å². The van der Waals surface area contributed by atoms with E-state index < -0.39 is 0 Å². The average Bonchev–Trinajstić information content (AvgIpc) is 2.69. The topological polar surface area (TPSA) is 55.2 Å². The molecule has 0 fully saturated rings. The summed E-state index contributed by atoms with van der Waals surface area (Å²) >= 11 is 0. The van der Waals surface area contributed by atoms with Gasteiger partial charge in [-0.3, -0.25) is 14.3 Å². The Kier molecular flexibility index (Phi) is 3.97. The van der Waals surface area contributed by atoms with Crippen molar-refractivity contribution in [2.75, 3.05) is 11.9 Å². The number of hydrogen-bond acceptors (Lipinski definition) is 3. The Morgan fingerprint density at radius 3 is 2.50 bits per heavy atom. The largest absolute Gasteiger partial charge is 0.313 e. The fourth-order valence-electron chi connectivity index (χ4n) is 3.16. The summed E-state index contributed by atoms with van der Waals surface area (Å²) in [5.74, 6) is -0.109. The van der Waals surface area contributed by atoms with Crippen LogP contribution in [-0.4, -0.2) is 22.7 Å². The van der Waals surface area contributed by atoms with E-state index in [1.54, 1.807) is 34.8 Å². The Labute approximate surface area is 150 Å². The minimum absolute atomic E-state index is 0.0561. The molecule has 0 N–H and O–H groups in total. The minimum Gasteiger partial charge on any atom is -0.313 e. The second-order valence-electron chi connectivity index (χ2n) is 6.13. The van der Waals surface area contributed by atoms with Gasteiger partial charge in [0.1, 0.15) is 6.54 Å². The zero-order valence-corrected chi connectivity index (χ0v) is 14.3. The van der Waals surface area contributed by atoms with E-state index in [1.165, 1.54) is 6.20 Å². The standard InChI is InChI=1S/C21H17N3O2/c1-23(18-12-6-8-15-7-2-3-9-16(15)18)21(26)14-24-19-11-5-4-10-17(19)20(25)13-22-24/h2-13H,14H2,1H3. The molecule has 0 aliphatic carbocycles. The quantitative estimate of drug-likeness (QED) is 0.574. The minimum atomic E-state index is -0.147. The van der Waals surface area contributed by atoms with Gasteiger partial charge in [0.05, 0.1) is 17.4 Å². The monoisotopic (exact) mass is 343 g/mol. The highest BCUT2D eigenvalue weighted by Crippen LogP contribution is 2.26. The molecule has 3 aromatic carbocycles. The maximum atomic E-state index is 12.9. The molecule has 0 unspecified atom stereocenters. The van der Waals surface area contributed by atoms with Crippen molar-refractivity contribution < 1.29 is 4.79 Å². The predicted molar refractivity (Wildman–Crippen MR) is 103 cm³/mol. The van der Waals surface area contributed by atoms with Crippen LogP contribution in [0.15, 0.2) is 77.7 Å². The third-order valence-electron chi connectivity index (χ3n) is 4.55. The summed E-state index contributed by atoms with van der Waals surface area (Å²) in [7, 11) is 1.76. The number of anilines is 1. The van der Waals surface area contributed by atoms with E-state index in [-0.39, 0.29) is 17.9 Å². The van der Waals surface area contributed by atoms with Crippen molar-refractivity contribution in [1.29, 1.82) is 0 Å². The van der Waals surface area contributed by atoms with Gasteiger partial charge in [-0.15, -0.1) is 0 Å². The molecule has 5 heteroatoms. The van der Waals surface area contributed by atoms with Crippen LogP contribution in [0.2, 0.25) is 0 Å². The van der Waals surface area contributed by atoms with Gasteiger partial charge in [-0.1, -0.05) is 48.5 Å². The number of aromatic nitrogens is 2.